The highest BCUT2D eigenvalue weighted by atomic mass is 35.5. The molecule has 0 spiro atoms. The molecule has 19 heavy (non-hydrogen) atoms. The van der Waals surface area contributed by atoms with Crippen molar-refractivity contribution in [2.45, 2.75) is 6.18 Å². The number of anilines is 1. The van der Waals surface area contributed by atoms with Crippen LogP contribution in [0.15, 0.2) is 18.2 Å². The van der Waals surface area contributed by atoms with Crippen LogP contribution >= 0.6 is 11.6 Å². The van der Waals surface area contributed by atoms with Gasteiger partial charge in [0.15, 0.2) is 6.61 Å². The minimum atomic E-state index is -4.37. The first kappa shape index (κ1) is 14.3. The largest absolute Gasteiger partial charge is 0.482 e. The average molecular weight is 295 g/mol. The van der Waals surface area contributed by atoms with Crippen LogP contribution in [0.25, 0.3) is 0 Å². The second kappa shape index (κ2) is 5.88. The Morgan fingerprint density at radius 2 is 1.95 bits per heavy atom. The number of halogens is 4. The predicted octanol–water partition coefficient (Wildman–Crippen LogP) is 2.69. The van der Waals surface area contributed by atoms with Crippen molar-refractivity contribution < 1.29 is 17.9 Å². The second-order valence-electron chi connectivity index (χ2n) is 4.26. The molecule has 2 rings (SSSR count). The molecule has 0 amide bonds. The maximum absolute atomic E-state index is 12.1. The summed E-state index contributed by atoms with van der Waals surface area (Å²) in [7, 11) is 0. The summed E-state index contributed by atoms with van der Waals surface area (Å²) >= 11 is 5.84. The fraction of sp³-hybridized carbons (Fsp3) is 0.500. The summed E-state index contributed by atoms with van der Waals surface area (Å²) in [5.41, 5.74) is 0.822. The molecule has 1 fully saturated rings. The minimum absolute atomic E-state index is 0.0648. The molecule has 1 heterocycles. The number of benzene rings is 1. The van der Waals surface area contributed by atoms with E-state index in [4.69, 9.17) is 16.3 Å². The summed E-state index contributed by atoms with van der Waals surface area (Å²) in [6.07, 6.45) is -4.37. The molecule has 1 aromatic rings. The van der Waals surface area contributed by atoms with Gasteiger partial charge in [-0.3, -0.25) is 0 Å². The van der Waals surface area contributed by atoms with Crippen LogP contribution in [0, 0.1) is 0 Å². The van der Waals surface area contributed by atoms with Crippen LogP contribution in [-0.2, 0) is 0 Å². The smallest absolute Gasteiger partial charge is 0.422 e. The van der Waals surface area contributed by atoms with Crippen molar-refractivity contribution in [2.75, 3.05) is 37.7 Å². The van der Waals surface area contributed by atoms with Gasteiger partial charge in [0.05, 0.1) is 5.02 Å². The molecule has 1 N–H and O–H groups in total. The van der Waals surface area contributed by atoms with Gasteiger partial charge in [-0.15, -0.1) is 0 Å². The van der Waals surface area contributed by atoms with Gasteiger partial charge in [0.25, 0.3) is 0 Å². The van der Waals surface area contributed by atoms with Gasteiger partial charge >= 0.3 is 6.18 Å². The fourth-order valence-corrected chi connectivity index (χ4v) is 2.05. The first-order valence-electron chi connectivity index (χ1n) is 5.90. The van der Waals surface area contributed by atoms with Gasteiger partial charge in [0.1, 0.15) is 5.75 Å². The lowest BCUT2D eigenvalue weighted by atomic mass is 10.2. The van der Waals surface area contributed by atoms with E-state index in [0.717, 1.165) is 31.9 Å². The first-order chi connectivity index (χ1) is 8.96. The van der Waals surface area contributed by atoms with Gasteiger partial charge in [-0.2, -0.15) is 13.2 Å². The third kappa shape index (κ3) is 4.18. The van der Waals surface area contributed by atoms with Crippen molar-refractivity contribution in [1.82, 2.24) is 5.32 Å². The van der Waals surface area contributed by atoms with Gasteiger partial charge in [-0.05, 0) is 12.1 Å². The van der Waals surface area contributed by atoms with Crippen LogP contribution in [0.3, 0.4) is 0 Å². The Morgan fingerprint density at radius 3 is 2.58 bits per heavy atom. The number of hydrogen-bond donors (Lipinski definition) is 1. The fourth-order valence-electron chi connectivity index (χ4n) is 1.88. The minimum Gasteiger partial charge on any atom is -0.482 e. The van der Waals surface area contributed by atoms with E-state index in [-0.39, 0.29) is 10.8 Å². The molecule has 7 heteroatoms. The van der Waals surface area contributed by atoms with E-state index in [1.165, 1.54) is 0 Å². The zero-order valence-corrected chi connectivity index (χ0v) is 10.9. The second-order valence-corrected chi connectivity index (χ2v) is 4.66. The van der Waals surface area contributed by atoms with Crippen LogP contribution in [0.5, 0.6) is 5.75 Å². The number of nitrogens with zero attached hydrogens (tertiary/aromatic N) is 1. The molecule has 1 saturated heterocycles. The molecular weight excluding hydrogens is 281 g/mol. The van der Waals surface area contributed by atoms with E-state index in [2.05, 4.69) is 10.2 Å². The number of nitrogens with one attached hydrogen (secondary N) is 1. The zero-order valence-electron chi connectivity index (χ0n) is 10.1. The summed E-state index contributed by atoms with van der Waals surface area (Å²) in [5, 5.41) is 3.39. The van der Waals surface area contributed by atoms with Crippen molar-refractivity contribution in [2.24, 2.45) is 0 Å². The summed E-state index contributed by atoms with van der Waals surface area (Å²) in [6, 6.07) is 4.90. The van der Waals surface area contributed by atoms with E-state index in [0.29, 0.717) is 0 Å². The third-order valence-electron chi connectivity index (χ3n) is 2.79. The lowest BCUT2D eigenvalue weighted by Crippen LogP contribution is -2.43. The molecule has 0 atom stereocenters. The maximum Gasteiger partial charge on any atom is 0.422 e. The highest BCUT2D eigenvalue weighted by molar-refractivity contribution is 6.32. The van der Waals surface area contributed by atoms with E-state index in [9.17, 15) is 13.2 Å². The maximum atomic E-state index is 12.1. The molecule has 3 nitrogen and oxygen atoms in total. The first-order valence-corrected chi connectivity index (χ1v) is 6.28. The quantitative estimate of drug-likeness (QED) is 0.928. The Hall–Kier alpha value is -1.14. The lowest BCUT2D eigenvalue weighted by Gasteiger charge is -2.29. The Morgan fingerprint density at radius 1 is 1.26 bits per heavy atom. The van der Waals surface area contributed by atoms with Crippen LogP contribution in [-0.4, -0.2) is 39.0 Å². The molecule has 0 saturated carbocycles. The molecule has 0 radical (unpaired) electrons. The molecule has 1 aromatic carbocycles. The third-order valence-corrected chi connectivity index (χ3v) is 3.10. The molecule has 0 aromatic heterocycles. The molecule has 0 unspecified atom stereocenters. The Balaban J connectivity index is 2.10. The highest BCUT2D eigenvalue weighted by Crippen LogP contribution is 2.31. The van der Waals surface area contributed by atoms with Crippen molar-refractivity contribution in [3.8, 4) is 5.75 Å². The standard InChI is InChI=1S/C12H14ClF3N2O/c13-10-2-1-9(18-5-3-17-4-6-18)7-11(10)19-8-12(14,15)16/h1-2,7,17H,3-6,8H2. The summed E-state index contributed by atoms with van der Waals surface area (Å²) in [6.45, 7) is 1.97. The highest BCUT2D eigenvalue weighted by Gasteiger charge is 2.29. The van der Waals surface area contributed by atoms with Crippen molar-refractivity contribution >= 4 is 17.3 Å². The van der Waals surface area contributed by atoms with Crippen LogP contribution in [0.1, 0.15) is 0 Å². The van der Waals surface area contributed by atoms with E-state index >= 15 is 0 Å². The van der Waals surface area contributed by atoms with E-state index in [1.807, 2.05) is 0 Å². The van der Waals surface area contributed by atoms with Gasteiger partial charge in [0.2, 0.25) is 0 Å². The van der Waals surface area contributed by atoms with Gasteiger partial charge < -0.3 is 15.0 Å². The molecule has 1 aliphatic rings. The van der Waals surface area contributed by atoms with Crippen LogP contribution in [0.2, 0.25) is 5.02 Å². The zero-order chi connectivity index (χ0) is 13.9. The van der Waals surface area contributed by atoms with Gasteiger partial charge in [0, 0.05) is 37.9 Å². The predicted molar refractivity (Wildman–Crippen MR) is 68.1 cm³/mol. The average Bonchev–Trinajstić information content (AvgIpc) is 2.38. The van der Waals surface area contributed by atoms with Gasteiger partial charge in [-0.1, -0.05) is 11.6 Å². The van der Waals surface area contributed by atoms with E-state index in [1.54, 1.807) is 18.2 Å². The SMILES string of the molecule is FC(F)(F)COc1cc(N2CCNCC2)ccc1Cl. The molecule has 0 bridgehead atoms. The van der Waals surface area contributed by atoms with Gasteiger partial charge in [-0.25, -0.2) is 0 Å². The number of piperazine rings is 1. The number of hydrogen-bond acceptors (Lipinski definition) is 3. The normalized spacial score (nSPS) is 16.5. The topological polar surface area (TPSA) is 24.5 Å². The summed E-state index contributed by atoms with van der Waals surface area (Å²) < 4.78 is 41.2. The van der Waals surface area contributed by atoms with Crippen molar-refractivity contribution in [1.29, 1.82) is 0 Å². The lowest BCUT2D eigenvalue weighted by molar-refractivity contribution is -0.153. The molecule has 106 valence electrons. The van der Waals surface area contributed by atoms with Crippen molar-refractivity contribution in [3.05, 3.63) is 23.2 Å². The molecular formula is C12H14ClF3N2O. The molecule has 1 aliphatic heterocycles. The Labute approximate surface area is 114 Å². The number of alkyl halides is 3. The number of rotatable bonds is 3. The van der Waals surface area contributed by atoms with Crippen LogP contribution < -0.4 is 15.0 Å². The van der Waals surface area contributed by atoms with Crippen molar-refractivity contribution in [3.63, 3.8) is 0 Å². The monoisotopic (exact) mass is 294 g/mol. The summed E-state index contributed by atoms with van der Waals surface area (Å²) in [5.74, 6) is 0.0648. The van der Waals surface area contributed by atoms with Crippen LogP contribution in [0.4, 0.5) is 18.9 Å². The van der Waals surface area contributed by atoms with E-state index < -0.39 is 12.8 Å². The number of ether oxygens (including phenoxy) is 1. The molecule has 0 aliphatic carbocycles. The summed E-state index contributed by atoms with van der Waals surface area (Å²) in [4.78, 5) is 2.08. The Bertz CT molecular complexity index is 433. The Kier molecular flexibility index (Phi) is 4.42.